The van der Waals surface area contributed by atoms with Crippen LogP contribution in [0.4, 0.5) is 0 Å². The minimum absolute atomic E-state index is 0.158. The molecule has 0 aromatic heterocycles. The van der Waals surface area contributed by atoms with Gasteiger partial charge in [0.25, 0.3) is 0 Å². The molecule has 26 heteroatoms. The number of nitrogens with one attached hydrogen (secondary N) is 8. The quantitative estimate of drug-likeness (QED) is 0.0479. The molecule has 1 aliphatic heterocycles. The molecular weight excluding hydrogens is 973 g/mol. The number of carbonyl (C=O) groups is 11. The second-order valence-corrected chi connectivity index (χ2v) is 18.6. The van der Waals surface area contributed by atoms with Gasteiger partial charge >= 0.3 is 5.97 Å². The fourth-order valence-electron chi connectivity index (χ4n) is 7.81. The number of benzene rings is 1. The molecule has 0 saturated carbocycles. The third-order valence-corrected chi connectivity index (χ3v) is 12.3. The number of phenolic OH excluding ortho intramolecular Hbond substituents is 1. The van der Waals surface area contributed by atoms with Crippen molar-refractivity contribution in [1.29, 1.82) is 0 Å². The maximum atomic E-state index is 14.1. The Morgan fingerprint density at radius 3 is 1.54 bits per heavy atom. The number of aliphatic carboxylic acids is 1. The number of nitrogens with two attached hydrogens (primary N) is 2. The minimum Gasteiger partial charge on any atom is -0.508 e. The summed E-state index contributed by atoms with van der Waals surface area (Å²) >= 11 is 0. The Labute approximate surface area is 429 Å². The monoisotopic (exact) mass is 1050 g/mol. The molecule has 1 aliphatic rings. The van der Waals surface area contributed by atoms with Crippen LogP contribution in [0.25, 0.3) is 0 Å². The molecule has 1 aromatic rings. The Morgan fingerprint density at radius 2 is 1.03 bits per heavy atom. The van der Waals surface area contributed by atoms with Crippen molar-refractivity contribution in [2.45, 2.75) is 178 Å². The van der Waals surface area contributed by atoms with Crippen molar-refractivity contribution in [2.75, 3.05) is 13.2 Å². The van der Waals surface area contributed by atoms with Crippen LogP contribution >= 0.6 is 0 Å². The maximum Gasteiger partial charge on any atom is 0.303 e. The van der Waals surface area contributed by atoms with Gasteiger partial charge in [0.05, 0.1) is 32.2 Å². The summed E-state index contributed by atoms with van der Waals surface area (Å²) < 4.78 is 0. The Morgan fingerprint density at radius 1 is 0.581 bits per heavy atom. The SMILES string of the molecule is CCC(C)CCCCCCCCCC1CC(=O)NC(CC(N)=O)C(=O)NC(Cc2ccc(O)cc2)C(=O)NC(CC(N)=O)C(=O)NC(CO)C(=O)NC(CCC(=O)O)C(=O)NC(CO)C(=O)NC(C(C)O)C(=O)N1. The number of aliphatic hydroxyl groups excluding tert-OH is 3. The molecule has 17 N–H and O–H groups in total. The van der Waals surface area contributed by atoms with Gasteiger partial charge in [-0.05, 0) is 43.4 Å². The highest BCUT2D eigenvalue weighted by Gasteiger charge is 2.36. The summed E-state index contributed by atoms with van der Waals surface area (Å²) in [6, 6.07) is -8.62. The number of unbranched alkanes of at least 4 members (excludes halogenated alkanes) is 6. The summed E-state index contributed by atoms with van der Waals surface area (Å²) in [5, 5.41) is 68.7. The molecule has 10 amide bonds. The van der Waals surface area contributed by atoms with Crippen LogP contribution in [0.1, 0.15) is 123 Å². The predicted molar refractivity (Wildman–Crippen MR) is 263 cm³/mol. The van der Waals surface area contributed by atoms with Gasteiger partial charge in [0.2, 0.25) is 59.1 Å². The Kier molecular flexibility index (Phi) is 28.2. The van der Waals surface area contributed by atoms with E-state index in [1.54, 1.807) is 0 Å². The third kappa shape index (κ3) is 23.7. The van der Waals surface area contributed by atoms with E-state index in [4.69, 9.17) is 11.5 Å². The first-order valence-electron chi connectivity index (χ1n) is 24.9. The Bertz CT molecular complexity index is 2080. The summed E-state index contributed by atoms with van der Waals surface area (Å²) in [4.78, 5) is 146. The van der Waals surface area contributed by atoms with Crippen molar-refractivity contribution in [3.8, 4) is 5.75 Å². The molecule has 0 spiro atoms. The summed E-state index contributed by atoms with van der Waals surface area (Å²) in [7, 11) is 0. The smallest absolute Gasteiger partial charge is 0.303 e. The number of carboxylic acid groups (broad SMARTS) is 1. The Hall–Kier alpha value is -6.93. The molecule has 1 fully saturated rings. The van der Waals surface area contributed by atoms with E-state index in [-0.39, 0.29) is 18.6 Å². The minimum atomic E-state index is -1.98. The number of phenols is 1. The van der Waals surface area contributed by atoms with Gasteiger partial charge in [-0.3, -0.25) is 52.7 Å². The molecule has 0 bridgehead atoms. The average Bonchev–Trinajstić information content (AvgIpc) is 3.33. The van der Waals surface area contributed by atoms with Gasteiger partial charge in [-0.1, -0.05) is 83.8 Å². The van der Waals surface area contributed by atoms with Gasteiger partial charge in [0.15, 0.2) is 0 Å². The van der Waals surface area contributed by atoms with Crippen LogP contribution in [0, 0.1) is 5.92 Å². The molecule has 1 heterocycles. The molecule has 74 heavy (non-hydrogen) atoms. The van der Waals surface area contributed by atoms with E-state index in [1.807, 2.05) is 0 Å². The van der Waals surface area contributed by atoms with Crippen molar-refractivity contribution in [3.63, 3.8) is 0 Å². The Balaban J connectivity index is 2.68. The number of amides is 10. The fourth-order valence-corrected chi connectivity index (χ4v) is 7.81. The molecule has 0 radical (unpaired) electrons. The van der Waals surface area contributed by atoms with E-state index >= 15 is 0 Å². The summed E-state index contributed by atoms with van der Waals surface area (Å²) in [6.07, 6.45) is 2.79. The predicted octanol–water partition coefficient (Wildman–Crippen LogP) is -3.25. The van der Waals surface area contributed by atoms with E-state index in [1.165, 1.54) is 24.3 Å². The van der Waals surface area contributed by atoms with Crippen LogP contribution in [-0.2, 0) is 59.2 Å². The first kappa shape index (κ1) is 63.2. The highest BCUT2D eigenvalue weighted by atomic mass is 16.4. The van der Waals surface area contributed by atoms with Gasteiger partial charge in [0.1, 0.15) is 48.0 Å². The van der Waals surface area contributed by atoms with Crippen LogP contribution in [0.5, 0.6) is 5.75 Å². The first-order valence-corrected chi connectivity index (χ1v) is 24.9. The number of aromatic hydroxyl groups is 1. The van der Waals surface area contributed by atoms with Crippen LogP contribution in [-0.4, -0.2) is 158 Å². The number of carboxylic acids is 1. The zero-order valence-corrected chi connectivity index (χ0v) is 42.2. The van der Waals surface area contributed by atoms with Gasteiger partial charge in [-0.25, -0.2) is 0 Å². The third-order valence-electron chi connectivity index (χ3n) is 12.3. The zero-order chi connectivity index (χ0) is 55.5. The summed E-state index contributed by atoms with van der Waals surface area (Å²) in [5.74, 6) is -12.5. The zero-order valence-electron chi connectivity index (χ0n) is 42.2. The largest absolute Gasteiger partial charge is 0.508 e. The average molecular weight is 1050 g/mol. The van der Waals surface area contributed by atoms with Gasteiger partial charge in [-0.15, -0.1) is 0 Å². The van der Waals surface area contributed by atoms with Crippen molar-refractivity contribution < 1.29 is 78.3 Å². The van der Waals surface area contributed by atoms with Gasteiger partial charge in [0, 0.05) is 25.3 Å². The molecule has 2 rings (SSSR count). The molecule has 1 aromatic carbocycles. The van der Waals surface area contributed by atoms with E-state index in [0.29, 0.717) is 24.3 Å². The standard InChI is InChI=1S/C48H76N10O16/c1-4-26(2)12-10-8-6-5-7-9-11-13-29-21-39(65)52-33(22-37(49)63)44(70)54-32(20-28-14-16-30(62)17-15-28)43(69)55-34(23-38(50)64)45(71)57-35(24-59)46(72)53-31(18-19-40(66)67)42(68)56-36(25-60)47(73)58-41(27(3)61)48(74)51-29/h14-17,26-27,29,31-36,41,59-62H,4-13,18-25H2,1-3H3,(H2,49,63)(H2,50,64)(H,51,74)(H,52,65)(H,53,72)(H,54,70)(H,55,69)(H,56,68)(H,57,71)(H,58,73)(H,66,67). The number of aliphatic hydroxyl groups is 3. The number of primary amides is 2. The van der Waals surface area contributed by atoms with Crippen LogP contribution in [0.15, 0.2) is 24.3 Å². The number of carbonyl (C=O) groups excluding carboxylic acids is 10. The van der Waals surface area contributed by atoms with Crippen LogP contribution < -0.4 is 54.0 Å². The van der Waals surface area contributed by atoms with E-state index in [2.05, 4.69) is 56.4 Å². The van der Waals surface area contributed by atoms with Crippen LogP contribution in [0.3, 0.4) is 0 Å². The normalized spacial score (nSPS) is 24.1. The van der Waals surface area contributed by atoms with Gasteiger partial charge < -0.3 is 79.5 Å². The molecule has 1 saturated heterocycles. The fraction of sp³-hybridized carbons (Fsp3) is 0.646. The van der Waals surface area contributed by atoms with E-state index < -0.39 is 165 Å². The van der Waals surface area contributed by atoms with Gasteiger partial charge in [-0.2, -0.15) is 0 Å². The molecule has 10 atom stereocenters. The number of hydrogen-bond donors (Lipinski definition) is 15. The summed E-state index contributed by atoms with van der Waals surface area (Å²) in [5.41, 5.74) is 11.2. The maximum absolute atomic E-state index is 14.1. The second-order valence-electron chi connectivity index (χ2n) is 18.6. The lowest BCUT2D eigenvalue weighted by Crippen LogP contribution is -2.62. The van der Waals surface area contributed by atoms with Crippen molar-refractivity contribution in [1.82, 2.24) is 42.5 Å². The van der Waals surface area contributed by atoms with Crippen LogP contribution in [0.2, 0.25) is 0 Å². The van der Waals surface area contributed by atoms with Crippen molar-refractivity contribution in [3.05, 3.63) is 29.8 Å². The van der Waals surface area contributed by atoms with Crippen molar-refractivity contribution in [2.24, 2.45) is 17.4 Å². The van der Waals surface area contributed by atoms with Crippen molar-refractivity contribution >= 4 is 65.0 Å². The highest BCUT2D eigenvalue weighted by molar-refractivity contribution is 5.99. The topological polar surface area (TPSA) is 437 Å². The molecule has 26 nitrogen and oxygen atoms in total. The molecule has 0 aliphatic carbocycles. The van der Waals surface area contributed by atoms with E-state index in [9.17, 15) is 78.3 Å². The molecular formula is C48H76N10O16. The van der Waals surface area contributed by atoms with E-state index in [0.717, 1.165) is 51.9 Å². The number of rotatable bonds is 23. The lowest BCUT2D eigenvalue weighted by atomic mass is 9.99. The lowest BCUT2D eigenvalue weighted by molar-refractivity contribution is -0.139. The summed E-state index contributed by atoms with van der Waals surface area (Å²) in [6.45, 7) is 3.17. The highest BCUT2D eigenvalue weighted by Crippen LogP contribution is 2.17. The second kappa shape index (κ2) is 33.0. The molecule has 10 unspecified atom stereocenters. The lowest BCUT2D eigenvalue weighted by Gasteiger charge is -2.28. The first-order chi connectivity index (χ1) is 35.0. The molecule has 414 valence electrons. The number of hydrogen-bond acceptors (Lipinski definition) is 15.